The van der Waals surface area contributed by atoms with E-state index in [1.54, 1.807) is 6.07 Å². The van der Waals surface area contributed by atoms with Gasteiger partial charge < -0.3 is 39.9 Å². The van der Waals surface area contributed by atoms with Gasteiger partial charge in [-0.2, -0.15) is 4.39 Å². The van der Waals surface area contributed by atoms with Gasteiger partial charge in [-0.3, -0.25) is 0 Å². The molecule has 1 atom stereocenters. The van der Waals surface area contributed by atoms with Crippen LogP contribution in [0.5, 0.6) is 0 Å². The van der Waals surface area contributed by atoms with Crippen LogP contribution in [0.3, 0.4) is 0 Å². The lowest BCUT2D eigenvalue weighted by Crippen LogP contribution is -3.10. The highest BCUT2D eigenvalue weighted by atomic mass is 35.5. The van der Waals surface area contributed by atoms with Gasteiger partial charge in [0.15, 0.2) is 11.5 Å². The molecule has 1 heterocycles. The van der Waals surface area contributed by atoms with Crippen molar-refractivity contribution in [3.8, 4) is 0 Å². The standard InChI is InChI=1S/C14H17FN2O.2ClH/c1-17(2)8-3-5-11-9(7-8)13-12(18-11)6-4-10(16)14(13)15;;/h4,6,8H,3,5,7,16H2,1-2H3;2*1H. The van der Waals surface area contributed by atoms with Gasteiger partial charge in [-0.15, -0.1) is 0 Å². The highest BCUT2D eigenvalue weighted by Gasteiger charge is 2.29. The van der Waals surface area contributed by atoms with Crippen LogP contribution in [0.1, 0.15) is 17.7 Å². The summed E-state index contributed by atoms with van der Waals surface area (Å²) in [5, 5.41) is 0.656. The Balaban J connectivity index is 0.000001000. The molecule has 0 radical (unpaired) electrons. The van der Waals surface area contributed by atoms with Crippen molar-refractivity contribution in [1.29, 1.82) is 0 Å². The summed E-state index contributed by atoms with van der Waals surface area (Å²) in [4.78, 5) is 1.42. The molecule has 1 aliphatic carbocycles. The molecule has 3 rings (SSSR count). The van der Waals surface area contributed by atoms with Crippen molar-refractivity contribution in [1.82, 2.24) is 0 Å². The Labute approximate surface area is 130 Å². The van der Waals surface area contributed by atoms with E-state index < -0.39 is 0 Å². The van der Waals surface area contributed by atoms with E-state index in [-0.39, 0.29) is 30.6 Å². The molecule has 1 aliphatic rings. The summed E-state index contributed by atoms with van der Waals surface area (Å²) in [6, 6.07) is 4.06. The smallest absolute Gasteiger partial charge is 0.194 e. The van der Waals surface area contributed by atoms with E-state index in [4.69, 9.17) is 4.42 Å². The molecule has 20 heavy (non-hydrogen) atoms. The SMILES string of the molecule is C[NH+](C)C1CCc2oc3ccc([NH3+])c(F)c3c2C1.[Cl-].[Cl-]. The van der Waals surface area contributed by atoms with E-state index in [0.29, 0.717) is 22.7 Å². The minimum absolute atomic E-state index is 0. The lowest BCUT2D eigenvalue weighted by atomic mass is 9.91. The molecular weight excluding hydrogens is 302 g/mol. The van der Waals surface area contributed by atoms with E-state index in [2.05, 4.69) is 19.8 Å². The molecule has 0 amide bonds. The van der Waals surface area contributed by atoms with Crippen molar-refractivity contribution in [2.75, 3.05) is 14.1 Å². The second-order valence-corrected chi connectivity index (χ2v) is 5.43. The Morgan fingerprint density at radius 3 is 2.65 bits per heavy atom. The fourth-order valence-corrected chi connectivity index (χ4v) is 2.87. The highest BCUT2D eigenvalue weighted by molar-refractivity contribution is 5.85. The third kappa shape index (κ3) is 2.66. The fraction of sp³-hybridized carbons (Fsp3) is 0.429. The summed E-state index contributed by atoms with van der Waals surface area (Å²) in [6.07, 6.45) is 2.91. The lowest BCUT2D eigenvalue weighted by Gasteiger charge is -2.24. The van der Waals surface area contributed by atoms with Crippen LogP contribution in [0.2, 0.25) is 0 Å². The first-order valence-corrected chi connectivity index (χ1v) is 6.42. The summed E-state index contributed by atoms with van der Waals surface area (Å²) in [6.45, 7) is 0. The van der Waals surface area contributed by atoms with E-state index in [1.807, 2.05) is 6.07 Å². The summed E-state index contributed by atoms with van der Waals surface area (Å²) in [5.74, 6) is 0.749. The number of halogens is 3. The van der Waals surface area contributed by atoms with Crippen molar-refractivity contribution in [3.63, 3.8) is 0 Å². The molecule has 4 N–H and O–H groups in total. The normalized spacial score (nSPS) is 17.6. The number of quaternary nitrogens is 2. The highest BCUT2D eigenvalue weighted by Crippen LogP contribution is 2.34. The van der Waals surface area contributed by atoms with Gasteiger partial charge in [-0.25, -0.2) is 0 Å². The van der Waals surface area contributed by atoms with E-state index >= 15 is 0 Å². The average Bonchev–Trinajstić information content (AvgIpc) is 2.71. The molecule has 1 aromatic carbocycles. The summed E-state index contributed by atoms with van der Waals surface area (Å²) >= 11 is 0. The fourth-order valence-electron chi connectivity index (χ4n) is 2.87. The Morgan fingerprint density at radius 2 is 2.00 bits per heavy atom. The molecule has 0 saturated carbocycles. The number of hydrogen-bond acceptors (Lipinski definition) is 1. The molecule has 0 fully saturated rings. The Morgan fingerprint density at radius 1 is 1.30 bits per heavy atom. The zero-order valence-electron chi connectivity index (χ0n) is 11.6. The number of benzene rings is 1. The van der Waals surface area contributed by atoms with Crippen molar-refractivity contribution in [2.45, 2.75) is 25.3 Å². The van der Waals surface area contributed by atoms with Gasteiger partial charge in [-0.1, -0.05) is 0 Å². The molecule has 1 aromatic heterocycles. The molecule has 6 heteroatoms. The van der Waals surface area contributed by atoms with Crippen molar-refractivity contribution < 1.29 is 44.3 Å². The maximum atomic E-state index is 14.2. The predicted molar refractivity (Wildman–Crippen MR) is 67.3 cm³/mol. The first-order chi connectivity index (χ1) is 8.58. The van der Waals surface area contributed by atoms with E-state index in [1.165, 1.54) is 4.90 Å². The molecule has 0 spiro atoms. The molecule has 1 unspecified atom stereocenters. The quantitative estimate of drug-likeness (QED) is 0.541. The molecular formula is C14H19Cl2FN2O. The van der Waals surface area contributed by atoms with Gasteiger partial charge >= 0.3 is 0 Å². The van der Waals surface area contributed by atoms with Crippen LogP contribution in [-0.4, -0.2) is 20.1 Å². The average molecular weight is 321 g/mol. The predicted octanol–water partition coefficient (Wildman–Crippen LogP) is -5.54. The Kier molecular flexibility index (Phi) is 5.44. The van der Waals surface area contributed by atoms with Crippen LogP contribution in [0.4, 0.5) is 10.1 Å². The Bertz CT molecular complexity index is 613. The van der Waals surface area contributed by atoms with Gasteiger partial charge in [0, 0.05) is 30.9 Å². The third-order valence-corrected chi connectivity index (χ3v) is 4.04. The monoisotopic (exact) mass is 320 g/mol. The minimum atomic E-state index is -0.216. The number of hydrogen-bond donors (Lipinski definition) is 2. The number of aryl methyl sites for hydroxylation is 1. The summed E-state index contributed by atoms with van der Waals surface area (Å²) in [5.41, 5.74) is 5.91. The third-order valence-electron chi connectivity index (χ3n) is 4.04. The molecule has 0 saturated heterocycles. The Hall–Kier alpha value is -0.810. The van der Waals surface area contributed by atoms with E-state index in [9.17, 15) is 4.39 Å². The second kappa shape index (κ2) is 6.31. The molecule has 0 bridgehead atoms. The van der Waals surface area contributed by atoms with Crippen molar-refractivity contribution in [3.05, 3.63) is 29.3 Å². The lowest BCUT2D eigenvalue weighted by molar-refractivity contribution is -0.886. The first kappa shape index (κ1) is 17.2. The van der Waals surface area contributed by atoms with Gasteiger partial charge in [0.25, 0.3) is 0 Å². The number of rotatable bonds is 1. The van der Waals surface area contributed by atoms with Gasteiger partial charge in [0.1, 0.15) is 11.3 Å². The summed E-state index contributed by atoms with van der Waals surface area (Å²) in [7, 11) is 4.31. The molecule has 0 aliphatic heterocycles. The topological polar surface area (TPSA) is 45.2 Å². The van der Waals surface area contributed by atoms with Gasteiger partial charge in [-0.05, 0) is 6.07 Å². The first-order valence-electron chi connectivity index (χ1n) is 6.42. The van der Waals surface area contributed by atoms with Crippen LogP contribution in [0.15, 0.2) is 16.5 Å². The van der Waals surface area contributed by atoms with Crippen molar-refractivity contribution in [2.24, 2.45) is 0 Å². The van der Waals surface area contributed by atoms with Crippen LogP contribution in [0.25, 0.3) is 11.0 Å². The van der Waals surface area contributed by atoms with Crippen LogP contribution >= 0.6 is 0 Å². The van der Waals surface area contributed by atoms with Crippen LogP contribution < -0.4 is 35.4 Å². The minimum Gasteiger partial charge on any atom is -1.00 e. The maximum absolute atomic E-state index is 14.2. The maximum Gasteiger partial charge on any atom is 0.194 e. The number of likely N-dealkylation sites (N-methyl/N-ethyl adjacent to an activating group) is 1. The summed E-state index contributed by atoms with van der Waals surface area (Å²) < 4.78 is 20.0. The van der Waals surface area contributed by atoms with Gasteiger partial charge in [0.2, 0.25) is 0 Å². The van der Waals surface area contributed by atoms with Gasteiger partial charge in [0.05, 0.1) is 25.5 Å². The largest absolute Gasteiger partial charge is 1.00 e. The zero-order valence-corrected chi connectivity index (χ0v) is 13.1. The molecule has 112 valence electrons. The number of fused-ring (bicyclic) bond motifs is 3. The second-order valence-electron chi connectivity index (χ2n) is 5.43. The number of nitrogens with one attached hydrogen (secondary N) is 1. The van der Waals surface area contributed by atoms with Crippen LogP contribution in [-0.2, 0) is 12.8 Å². The van der Waals surface area contributed by atoms with Crippen LogP contribution in [0, 0.1) is 5.82 Å². The molecule has 3 nitrogen and oxygen atoms in total. The van der Waals surface area contributed by atoms with E-state index in [0.717, 1.165) is 30.6 Å². The molecule has 2 aromatic rings. The number of furan rings is 1. The zero-order chi connectivity index (χ0) is 12.9. The van der Waals surface area contributed by atoms with Crippen molar-refractivity contribution >= 4 is 16.7 Å².